The molecule has 1 aromatic heterocycles. The molecule has 1 rings (SSSR count). The van der Waals surface area contributed by atoms with Crippen LogP contribution in [0.2, 0.25) is 0 Å². The van der Waals surface area contributed by atoms with Crippen molar-refractivity contribution in [2.45, 2.75) is 26.7 Å². The van der Waals surface area contributed by atoms with E-state index in [1.807, 2.05) is 12.1 Å². The van der Waals surface area contributed by atoms with Gasteiger partial charge in [0.25, 0.3) is 0 Å². The number of nitrogens with two attached hydrogens (primary N) is 1. The summed E-state index contributed by atoms with van der Waals surface area (Å²) in [5, 5.41) is 0. The maximum Gasteiger partial charge on any atom is 0.144 e. The van der Waals surface area contributed by atoms with Gasteiger partial charge in [-0.1, -0.05) is 19.9 Å². The second-order valence-corrected chi connectivity index (χ2v) is 3.13. The second kappa shape index (κ2) is 5.37. The highest BCUT2D eigenvalue weighted by molar-refractivity contribution is 5.96. The molecule has 0 spiro atoms. The zero-order chi connectivity index (χ0) is 10.4. The summed E-state index contributed by atoms with van der Waals surface area (Å²) in [6, 6.07) is 3.96. The van der Waals surface area contributed by atoms with Gasteiger partial charge in [-0.15, -0.1) is 0 Å². The van der Waals surface area contributed by atoms with Crippen molar-refractivity contribution in [1.29, 1.82) is 0 Å². The number of aliphatic imine (C=N–C) groups is 1. The Labute approximate surface area is 85.1 Å². The Bertz CT molecular complexity index is 318. The van der Waals surface area contributed by atoms with Crippen LogP contribution in [0.15, 0.2) is 23.3 Å². The molecule has 0 aliphatic heterocycles. The fraction of sp³-hybridized carbons (Fsp3) is 0.455. The Hall–Kier alpha value is -1.38. The van der Waals surface area contributed by atoms with Gasteiger partial charge in [-0.3, -0.25) is 9.98 Å². The quantitative estimate of drug-likeness (QED) is 0.582. The molecule has 0 saturated heterocycles. The highest BCUT2D eigenvalue weighted by Gasteiger charge is 2.04. The van der Waals surface area contributed by atoms with Crippen molar-refractivity contribution < 1.29 is 0 Å². The van der Waals surface area contributed by atoms with Gasteiger partial charge >= 0.3 is 0 Å². The monoisotopic (exact) mass is 191 g/mol. The van der Waals surface area contributed by atoms with Crippen molar-refractivity contribution in [1.82, 2.24) is 4.98 Å². The number of amidine groups is 1. The number of hydrogen-bond donors (Lipinski definition) is 1. The lowest BCUT2D eigenvalue weighted by atomic mass is 10.1. The highest BCUT2D eigenvalue weighted by atomic mass is 14.9. The van der Waals surface area contributed by atoms with Crippen LogP contribution in [0.4, 0.5) is 0 Å². The zero-order valence-corrected chi connectivity index (χ0v) is 8.83. The van der Waals surface area contributed by atoms with Crippen LogP contribution in [0, 0.1) is 0 Å². The number of rotatable bonds is 4. The van der Waals surface area contributed by atoms with Gasteiger partial charge in [0, 0.05) is 12.7 Å². The molecule has 0 radical (unpaired) electrons. The number of nitrogens with zero attached hydrogens (tertiary/aromatic N) is 2. The third-order valence-corrected chi connectivity index (χ3v) is 2.02. The fourth-order valence-corrected chi connectivity index (χ4v) is 1.26. The van der Waals surface area contributed by atoms with Gasteiger partial charge < -0.3 is 5.73 Å². The molecule has 2 N–H and O–H groups in total. The van der Waals surface area contributed by atoms with Crippen LogP contribution in [0.1, 0.15) is 31.5 Å². The first-order valence-electron chi connectivity index (χ1n) is 5.03. The molecule has 0 fully saturated rings. The maximum absolute atomic E-state index is 5.84. The number of pyridine rings is 1. The first-order chi connectivity index (χ1) is 6.79. The van der Waals surface area contributed by atoms with Gasteiger partial charge in [-0.05, 0) is 24.5 Å². The van der Waals surface area contributed by atoms with E-state index in [4.69, 9.17) is 5.73 Å². The third kappa shape index (κ3) is 2.55. The van der Waals surface area contributed by atoms with Crippen molar-refractivity contribution in [3.63, 3.8) is 0 Å². The third-order valence-electron chi connectivity index (χ3n) is 2.02. The number of aromatic nitrogens is 1. The topological polar surface area (TPSA) is 51.3 Å². The van der Waals surface area contributed by atoms with Gasteiger partial charge in [0.05, 0.1) is 0 Å². The van der Waals surface area contributed by atoms with Crippen molar-refractivity contribution >= 4 is 5.84 Å². The first-order valence-corrected chi connectivity index (χ1v) is 5.03. The molecule has 76 valence electrons. The van der Waals surface area contributed by atoms with Crippen LogP contribution >= 0.6 is 0 Å². The Morgan fingerprint density at radius 1 is 1.50 bits per heavy atom. The van der Waals surface area contributed by atoms with E-state index >= 15 is 0 Å². The summed E-state index contributed by atoms with van der Waals surface area (Å²) in [5.41, 5.74) is 7.84. The van der Waals surface area contributed by atoms with Crippen molar-refractivity contribution in [2.75, 3.05) is 6.54 Å². The fourth-order valence-electron chi connectivity index (χ4n) is 1.26. The standard InChI is InChI=1S/C11H17N3/c1-3-7-14-11(12)10-9(4-2)6-5-8-13-10/h5-6,8H,3-4,7H2,1-2H3,(H2,12,14). The van der Waals surface area contributed by atoms with Crippen LogP contribution in [0.25, 0.3) is 0 Å². The van der Waals surface area contributed by atoms with Gasteiger partial charge in [-0.25, -0.2) is 0 Å². The Kier molecular flexibility index (Phi) is 4.11. The summed E-state index contributed by atoms with van der Waals surface area (Å²) in [5.74, 6) is 0.560. The van der Waals surface area contributed by atoms with Crippen LogP contribution in [0.3, 0.4) is 0 Å². The van der Waals surface area contributed by atoms with Crippen LogP contribution in [-0.2, 0) is 6.42 Å². The van der Waals surface area contributed by atoms with E-state index in [-0.39, 0.29) is 0 Å². The summed E-state index contributed by atoms with van der Waals surface area (Å²) < 4.78 is 0. The Morgan fingerprint density at radius 2 is 2.29 bits per heavy atom. The average molecular weight is 191 g/mol. The molecule has 14 heavy (non-hydrogen) atoms. The summed E-state index contributed by atoms with van der Waals surface area (Å²) in [6.07, 6.45) is 3.70. The molecule has 0 amide bonds. The molecule has 0 saturated carbocycles. The maximum atomic E-state index is 5.84. The number of hydrogen-bond acceptors (Lipinski definition) is 2. The van der Waals surface area contributed by atoms with Crippen molar-refractivity contribution in [3.05, 3.63) is 29.6 Å². The molecule has 0 unspecified atom stereocenters. The molecule has 0 aliphatic carbocycles. The van der Waals surface area contributed by atoms with E-state index in [0.29, 0.717) is 5.84 Å². The van der Waals surface area contributed by atoms with E-state index in [1.165, 1.54) is 0 Å². The normalized spacial score (nSPS) is 11.7. The van der Waals surface area contributed by atoms with Gasteiger partial charge in [0.2, 0.25) is 0 Å². The van der Waals surface area contributed by atoms with Crippen LogP contribution in [0.5, 0.6) is 0 Å². The van der Waals surface area contributed by atoms with E-state index in [2.05, 4.69) is 23.8 Å². The van der Waals surface area contributed by atoms with Crippen molar-refractivity contribution in [3.8, 4) is 0 Å². The van der Waals surface area contributed by atoms with Crippen LogP contribution < -0.4 is 5.73 Å². The molecule has 0 bridgehead atoms. The molecule has 3 nitrogen and oxygen atoms in total. The van der Waals surface area contributed by atoms with Crippen LogP contribution in [-0.4, -0.2) is 17.4 Å². The van der Waals surface area contributed by atoms with E-state index in [0.717, 1.165) is 30.6 Å². The first kappa shape index (κ1) is 10.7. The van der Waals surface area contributed by atoms with E-state index in [1.54, 1.807) is 6.20 Å². The summed E-state index contributed by atoms with van der Waals surface area (Å²) in [6.45, 7) is 4.94. The molecule has 1 aromatic rings. The molecule has 3 heteroatoms. The predicted molar refractivity (Wildman–Crippen MR) is 59.5 cm³/mol. The molecule has 0 aromatic carbocycles. The van der Waals surface area contributed by atoms with E-state index in [9.17, 15) is 0 Å². The zero-order valence-electron chi connectivity index (χ0n) is 8.83. The molecule has 1 heterocycles. The van der Waals surface area contributed by atoms with Crippen molar-refractivity contribution in [2.24, 2.45) is 10.7 Å². The van der Waals surface area contributed by atoms with Gasteiger partial charge in [-0.2, -0.15) is 0 Å². The lowest BCUT2D eigenvalue weighted by Gasteiger charge is -2.05. The smallest absolute Gasteiger partial charge is 0.144 e. The molecule has 0 aliphatic rings. The summed E-state index contributed by atoms with van der Waals surface area (Å²) in [7, 11) is 0. The molecular weight excluding hydrogens is 174 g/mol. The molecule has 0 atom stereocenters. The van der Waals surface area contributed by atoms with Gasteiger partial charge in [0.1, 0.15) is 11.5 Å². The minimum Gasteiger partial charge on any atom is -0.382 e. The largest absolute Gasteiger partial charge is 0.382 e. The minimum absolute atomic E-state index is 0.560. The second-order valence-electron chi connectivity index (χ2n) is 3.13. The average Bonchev–Trinajstić information content (AvgIpc) is 2.25. The molecular formula is C11H17N3. The predicted octanol–water partition coefficient (Wildman–Crippen LogP) is 1.76. The summed E-state index contributed by atoms with van der Waals surface area (Å²) in [4.78, 5) is 8.50. The van der Waals surface area contributed by atoms with E-state index < -0.39 is 0 Å². The van der Waals surface area contributed by atoms with Gasteiger partial charge in [0.15, 0.2) is 0 Å². The minimum atomic E-state index is 0.560. The SMILES string of the molecule is CCCN=C(N)c1ncccc1CC. The Morgan fingerprint density at radius 3 is 2.93 bits per heavy atom. The number of aryl methyl sites for hydroxylation is 1. The lowest BCUT2D eigenvalue weighted by Crippen LogP contribution is -2.17. The summed E-state index contributed by atoms with van der Waals surface area (Å²) >= 11 is 0. The Balaban J connectivity index is 2.93. The highest BCUT2D eigenvalue weighted by Crippen LogP contribution is 2.05. The lowest BCUT2D eigenvalue weighted by molar-refractivity contribution is 0.927.